The van der Waals surface area contributed by atoms with E-state index in [2.05, 4.69) is 37.2 Å². The topological polar surface area (TPSA) is 32.3 Å². The van der Waals surface area contributed by atoms with Gasteiger partial charge in [0.25, 0.3) is 0 Å². The van der Waals surface area contributed by atoms with E-state index < -0.39 is 0 Å². The molecule has 0 spiro atoms. The minimum absolute atomic E-state index is 0.0373. The number of nitrogens with zero attached hydrogens (tertiary/aromatic N) is 1. The summed E-state index contributed by atoms with van der Waals surface area (Å²) in [4.78, 5) is 14.6. The van der Waals surface area contributed by atoms with E-state index in [0.717, 1.165) is 13.0 Å². The van der Waals surface area contributed by atoms with Crippen molar-refractivity contribution in [2.24, 2.45) is 5.92 Å². The molecule has 2 fully saturated rings. The third-order valence-electron chi connectivity index (χ3n) is 4.60. The second-order valence-electron chi connectivity index (χ2n) is 6.59. The molecule has 0 aromatic heterocycles. The zero-order chi connectivity index (χ0) is 14.0. The highest BCUT2D eigenvalue weighted by Gasteiger charge is 2.42. The lowest BCUT2D eigenvalue weighted by atomic mass is 10.0. The maximum absolute atomic E-state index is 12.6. The zero-order valence-electron chi connectivity index (χ0n) is 12.7. The van der Waals surface area contributed by atoms with Gasteiger partial charge in [-0.3, -0.25) is 10.1 Å². The molecule has 1 saturated heterocycles. The fourth-order valence-corrected chi connectivity index (χ4v) is 4.42. The SMILES string of the molecule is CSC1(CN2C(=O)C(CC(C)C)NC2C)CCCC1. The van der Waals surface area contributed by atoms with Crippen molar-refractivity contribution in [3.63, 3.8) is 0 Å². The van der Waals surface area contributed by atoms with Gasteiger partial charge in [-0.25, -0.2) is 0 Å². The Morgan fingerprint density at radius 1 is 1.42 bits per heavy atom. The van der Waals surface area contributed by atoms with E-state index in [-0.39, 0.29) is 12.2 Å². The van der Waals surface area contributed by atoms with Gasteiger partial charge in [0, 0.05) is 11.3 Å². The van der Waals surface area contributed by atoms with Crippen LogP contribution >= 0.6 is 11.8 Å². The van der Waals surface area contributed by atoms with Crippen LogP contribution in [0.3, 0.4) is 0 Å². The van der Waals surface area contributed by atoms with Crippen molar-refractivity contribution < 1.29 is 4.79 Å². The number of nitrogens with one attached hydrogen (secondary N) is 1. The predicted molar refractivity (Wildman–Crippen MR) is 82.3 cm³/mol. The quantitative estimate of drug-likeness (QED) is 0.842. The molecule has 3 nitrogen and oxygen atoms in total. The molecule has 0 aromatic carbocycles. The van der Waals surface area contributed by atoms with Crippen molar-refractivity contribution in [2.75, 3.05) is 12.8 Å². The monoisotopic (exact) mass is 284 g/mol. The molecule has 0 bridgehead atoms. The van der Waals surface area contributed by atoms with Gasteiger partial charge in [0.15, 0.2) is 0 Å². The van der Waals surface area contributed by atoms with Gasteiger partial charge < -0.3 is 4.90 Å². The zero-order valence-corrected chi connectivity index (χ0v) is 13.6. The first-order valence-electron chi connectivity index (χ1n) is 7.59. The van der Waals surface area contributed by atoms with E-state index in [0.29, 0.717) is 16.6 Å². The molecular weight excluding hydrogens is 256 g/mol. The smallest absolute Gasteiger partial charge is 0.241 e. The summed E-state index contributed by atoms with van der Waals surface area (Å²) in [7, 11) is 0. The summed E-state index contributed by atoms with van der Waals surface area (Å²) in [5.41, 5.74) is 0. The Balaban J connectivity index is 2.02. The van der Waals surface area contributed by atoms with Gasteiger partial charge in [0.1, 0.15) is 0 Å². The fraction of sp³-hybridized carbons (Fsp3) is 0.933. The molecule has 2 atom stereocenters. The normalized spacial score (nSPS) is 30.6. The van der Waals surface area contributed by atoms with E-state index in [1.165, 1.54) is 25.7 Å². The number of carbonyl (C=O) groups excluding carboxylic acids is 1. The Kier molecular flexibility index (Phi) is 4.83. The molecule has 1 saturated carbocycles. The Morgan fingerprint density at radius 2 is 2.05 bits per heavy atom. The summed E-state index contributed by atoms with van der Waals surface area (Å²) in [5, 5.41) is 3.47. The lowest BCUT2D eigenvalue weighted by molar-refractivity contribution is -0.130. The number of hydrogen-bond acceptors (Lipinski definition) is 3. The maximum atomic E-state index is 12.6. The summed E-state index contributed by atoms with van der Waals surface area (Å²) in [6.07, 6.45) is 8.52. The largest absolute Gasteiger partial charge is 0.325 e. The van der Waals surface area contributed by atoms with Crippen molar-refractivity contribution in [3.05, 3.63) is 0 Å². The van der Waals surface area contributed by atoms with Crippen molar-refractivity contribution in [2.45, 2.75) is 69.8 Å². The van der Waals surface area contributed by atoms with Crippen molar-refractivity contribution in [1.29, 1.82) is 0 Å². The highest BCUT2D eigenvalue weighted by molar-refractivity contribution is 8.00. The van der Waals surface area contributed by atoms with Gasteiger partial charge in [-0.15, -0.1) is 0 Å². The van der Waals surface area contributed by atoms with Crippen LogP contribution in [0.15, 0.2) is 0 Å². The van der Waals surface area contributed by atoms with Crippen molar-refractivity contribution in [1.82, 2.24) is 10.2 Å². The molecule has 2 rings (SSSR count). The summed E-state index contributed by atoms with van der Waals surface area (Å²) in [6.45, 7) is 7.42. The first kappa shape index (κ1) is 15.2. The van der Waals surface area contributed by atoms with Gasteiger partial charge in [-0.2, -0.15) is 11.8 Å². The number of thioether (sulfide) groups is 1. The molecule has 1 aliphatic heterocycles. The van der Waals surface area contributed by atoms with Crippen LogP contribution in [0, 0.1) is 5.92 Å². The molecule has 2 aliphatic rings. The minimum Gasteiger partial charge on any atom is -0.325 e. The molecule has 1 amide bonds. The highest BCUT2D eigenvalue weighted by Crippen LogP contribution is 2.41. The van der Waals surface area contributed by atoms with Crippen molar-refractivity contribution in [3.8, 4) is 0 Å². The molecular formula is C15H28N2OS. The molecule has 4 heteroatoms. The van der Waals surface area contributed by atoms with Crippen LogP contribution in [0.4, 0.5) is 0 Å². The standard InChI is InChI=1S/C15H28N2OS/c1-11(2)9-13-14(18)17(12(3)16-13)10-15(19-4)7-5-6-8-15/h11-13,16H,5-10H2,1-4H3. The number of rotatable bonds is 5. The van der Waals surface area contributed by atoms with Crippen LogP contribution < -0.4 is 5.32 Å². The summed E-state index contributed by atoms with van der Waals surface area (Å²) in [6, 6.07) is 0.0373. The Labute approximate surface area is 121 Å². The second-order valence-corrected chi connectivity index (χ2v) is 7.86. The maximum Gasteiger partial charge on any atom is 0.241 e. The molecule has 0 radical (unpaired) electrons. The van der Waals surface area contributed by atoms with E-state index in [9.17, 15) is 4.79 Å². The molecule has 19 heavy (non-hydrogen) atoms. The molecule has 2 unspecified atom stereocenters. The molecule has 110 valence electrons. The third-order valence-corrected chi connectivity index (χ3v) is 6.01. The molecule has 1 heterocycles. The lowest BCUT2D eigenvalue weighted by Gasteiger charge is -2.33. The van der Waals surface area contributed by atoms with Crippen LogP contribution in [-0.4, -0.2) is 40.6 Å². The lowest BCUT2D eigenvalue weighted by Crippen LogP contribution is -2.44. The average Bonchev–Trinajstić information content (AvgIpc) is 2.91. The van der Waals surface area contributed by atoms with Gasteiger partial charge in [-0.1, -0.05) is 26.7 Å². The Morgan fingerprint density at radius 3 is 2.58 bits per heavy atom. The van der Waals surface area contributed by atoms with Crippen LogP contribution in [0.5, 0.6) is 0 Å². The van der Waals surface area contributed by atoms with E-state index >= 15 is 0 Å². The van der Waals surface area contributed by atoms with E-state index in [1.807, 2.05) is 11.8 Å². The summed E-state index contributed by atoms with van der Waals surface area (Å²) < 4.78 is 0.318. The van der Waals surface area contributed by atoms with Gasteiger partial charge >= 0.3 is 0 Å². The van der Waals surface area contributed by atoms with E-state index in [1.54, 1.807) is 0 Å². The van der Waals surface area contributed by atoms with Crippen LogP contribution in [0.1, 0.15) is 52.9 Å². The molecule has 1 aliphatic carbocycles. The van der Waals surface area contributed by atoms with Gasteiger partial charge in [-0.05, 0) is 38.4 Å². The van der Waals surface area contributed by atoms with Crippen LogP contribution in [-0.2, 0) is 4.79 Å². The number of amides is 1. The highest BCUT2D eigenvalue weighted by atomic mass is 32.2. The first-order valence-corrected chi connectivity index (χ1v) is 8.81. The summed E-state index contributed by atoms with van der Waals surface area (Å²) in [5.74, 6) is 0.885. The summed E-state index contributed by atoms with van der Waals surface area (Å²) >= 11 is 1.96. The third kappa shape index (κ3) is 3.27. The second kappa shape index (κ2) is 6.04. The number of hydrogen-bond donors (Lipinski definition) is 1. The van der Waals surface area contributed by atoms with Crippen LogP contribution in [0.25, 0.3) is 0 Å². The van der Waals surface area contributed by atoms with Gasteiger partial charge in [0.05, 0.1) is 12.2 Å². The number of carbonyl (C=O) groups is 1. The van der Waals surface area contributed by atoms with Crippen LogP contribution in [0.2, 0.25) is 0 Å². The molecule has 1 N–H and O–H groups in total. The van der Waals surface area contributed by atoms with Gasteiger partial charge in [0.2, 0.25) is 5.91 Å². The fourth-order valence-electron chi connectivity index (χ4n) is 3.46. The Bertz CT molecular complexity index is 326. The first-order chi connectivity index (χ1) is 8.97. The van der Waals surface area contributed by atoms with Crippen molar-refractivity contribution >= 4 is 17.7 Å². The minimum atomic E-state index is 0.0373. The Hall–Kier alpha value is -0.220. The predicted octanol–water partition coefficient (Wildman–Crippen LogP) is 2.85. The average molecular weight is 284 g/mol. The van der Waals surface area contributed by atoms with E-state index in [4.69, 9.17) is 0 Å². The molecule has 0 aromatic rings.